The smallest absolute Gasteiger partial charge is 0.170 e. The van der Waals surface area contributed by atoms with Crippen molar-refractivity contribution in [1.29, 1.82) is 0 Å². The molecule has 1 saturated carbocycles. The van der Waals surface area contributed by atoms with E-state index in [-0.39, 0.29) is 23.5 Å². The van der Waals surface area contributed by atoms with Crippen LogP contribution in [0.3, 0.4) is 0 Å². The van der Waals surface area contributed by atoms with Crippen molar-refractivity contribution in [3.05, 3.63) is 38.7 Å². The number of hydrazone groups is 1. The Bertz CT molecular complexity index is 1450. The van der Waals surface area contributed by atoms with Crippen LogP contribution < -0.4 is 0 Å². The second kappa shape index (κ2) is 12.8. The van der Waals surface area contributed by atoms with Crippen molar-refractivity contribution in [3.8, 4) is 11.8 Å². The number of carbonyl (C=O) groups excluding carboxylic acids is 1. The number of hydrogen-bond acceptors (Lipinski definition) is 5. The number of carbonyl (C=O) groups is 1. The molecule has 2 atom stereocenters. The zero-order valence-corrected chi connectivity index (χ0v) is 31.0. The van der Waals surface area contributed by atoms with E-state index in [1.54, 1.807) is 23.8 Å². The van der Waals surface area contributed by atoms with Gasteiger partial charge in [0.15, 0.2) is 5.78 Å². The molecule has 0 amide bonds. The minimum Gasteiger partial charge on any atom is -0.294 e. The molecular weight excluding hydrogens is 571 g/mol. The largest absolute Gasteiger partial charge is 0.294 e. The number of fused-ring (bicyclic) bond motifs is 1. The first-order chi connectivity index (χ1) is 21.0. The Morgan fingerprint density at radius 3 is 2.47 bits per heavy atom. The lowest BCUT2D eigenvalue weighted by Crippen LogP contribution is -2.54. The molecular formula is C40H61N3OS. The summed E-state index contributed by atoms with van der Waals surface area (Å²) in [6.07, 6.45) is 11.2. The molecule has 4 aliphatic rings. The summed E-state index contributed by atoms with van der Waals surface area (Å²) in [6, 6.07) is 2.61. The maximum atomic E-state index is 13.0. The van der Waals surface area contributed by atoms with E-state index in [9.17, 15) is 4.79 Å². The van der Waals surface area contributed by atoms with Crippen molar-refractivity contribution in [3.63, 3.8) is 0 Å². The highest BCUT2D eigenvalue weighted by molar-refractivity contribution is 7.14. The average molecular weight is 632 g/mol. The predicted molar refractivity (Wildman–Crippen MR) is 195 cm³/mol. The highest BCUT2D eigenvalue weighted by atomic mass is 32.1. The van der Waals surface area contributed by atoms with Gasteiger partial charge in [0.05, 0.1) is 21.5 Å². The van der Waals surface area contributed by atoms with Crippen LogP contribution in [0, 0.1) is 45.8 Å². The zero-order valence-electron chi connectivity index (χ0n) is 30.2. The molecule has 0 radical (unpaired) electrons. The van der Waals surface area contributed by atoms with Crippen LogP contribution in [-0.2, 0) is 0 Å². The molecule has 45 heavy (non-hydrogen) atoms. The van der Waals surface area contributed by atoms with E-state index in [1.165, 1.54) is 61.1 Å². The third-order valence-electron chi connectivity index (χ3n) is 11.4. The van der Waals surface area contributed by atoms with E-state index in [2.05, 4.69) is 103 Å². The fraction of sp³-hybridized carbons (Fsp3) is 0.700. The normalized spacial score (nSPS) is 28.3. The first-order valence-corrected chi connectivity index (χ1v) is 18.5. The molecule has 1 aliphatic carbocycles. The van der Waals surface area contributed by atoms with E-state index in [1.807, 2.05) is 0 Å². The first kappa shape index (κ1) is 34.2. The lowest BCUT2D eigenvalue weighted by molar-refractivity contribution is 0.0340. The number of allylic oxidation sites excluding steroid dienone is 2. The summed E-state index contributed by atoms with van der Waals surface area (Å²) >= 11 is 1.59. The second-order valence-corrected chi connectivity index (χ2v) is 17.9. The molecule has 2 unspecified atom stereocenters. The van der Waals surface area contributed by atoms with Crippen LogP contribution in [0.4, 0.5) is 0 Å². The van der Waals surface area contributed by atoms with Crippen LogP contribution in [-0.4, -0.2) is 47.1 Å². The number of nitrogens with zero attached hydrogens (tertiary/aromatic N) is 3. The third-order valence-corrected chi connectivity index (χ3v) is 12.6. The average Bonchev–Trinajstić information content (AvgIpc) is 3.50. The van der Waals surface area contributed by atoms with Gasteiger partial charge in [-0.1, -0.05) is 72.3 Å². The molecule has 4 heterocycles. The third kappa shape index (κ3) is 6.94. The Morgan fingerprint density at radius 2 is 1.84 bits per heavy atom. The van der Waals surface area contributed by atoms with Crippen LogP contribution in [0.5, 0.6) is 0 Å². The van der Waals surface area contributed by atoms with Crippen molar-refractivity contribution < 1.29 is 6.22 Å². The number of ketones is 1. The molecule has 1 fully saturated rings. The fourth-order valence-corrected chi connectivity index (χ4v) is 9.65. The van der Waals surface area contributed by atoms with Gasteiger partial charge in [-0.15, -0.1) is 11.3 Å². The molecule has 0 aromatic carbocycles. The van der Waals surface area contributed by atoms with Crippen molar-refractivity contribution in [2.45, 2.75) is 127 Å². The van der Waals surface area contributed by atoms with Gasteiger partial charge in [-0.2, -0.15) is 5.10 Å². The quantitative estimate of drug-likeness (QED) is 0.222. The summed E-state index contributed by atoms with van der Waals surface area (Å²) in [6.45, 7) is 27.7. The van der Waals surface area contributed by atoms with Gasteiger partial charge in [0.2, 0.25) is 0 Å². The van der Waals surface area contributed by atoms with Crippen LogP contribution in [0.25, 0.3) is 5.57 Å². The molecule has 0 bridgehead atoms. The van der Waals surface area contributed by atoms with Crippen LogP contribution in [0.15, 0.2) is 28.5 Å². The lowest BCUT2D eigenvalue weighted by Gasteiger charge is -2.50. The maximum absolute atomic E-state index is 13.0. The minimum absolute atomic E-state index is 0. The van der Waals surface area contributed by atoms with E-state index < -0.39 is 0 Å². The topological polar surface area (TPSA) is 35.9 Å². The molecule has 0 N–H and O–H groups in total. The van der Waals surface area contributed by atoms with Crippen molar-refractivity contribution in [1.82, 2.24) is 9.91 Å². The Balaban J connectivity index is 0.00000480. The number of rotatable bonds is 7. The number of hydrogen-bond donors (Lipinski definition) is 0. The Labute approximate surface area is 280 Å². The van der Waals surface area contributed by atoms with Gasteiger partial charge in [-0.3, -0.25) is 14.7 Å². The molecule has 5 rings (SSSR count). The van der Waals surface area contributed by atoms with Crippen molar-refractivity contribution >= 4 is 28.4 Å². The van der Waals surface area contributed by atoms with E-state index in [0.29, 0.717) is 17.9 Å². The molecule has 5 heteroatoms. The standard InChI is InChI=1S/C40H59N3OS.H2/c1-12-13-29-14-16-30(17-15-29)34-24-42(25-35-40(10,11)37-39(8,9)26(2)22-27(3)43(37)41-35)21-19-32(34)33-23-31(18-20-38(5,6)7)45-36(33)28(4)44;/h22-23,26,29-30,37H,12-17,19,21,24-25H2,1-11H3;1H. The molecule has 0 spiro atoms. The fourth-order valence-electron chi connectivity index (χ4n) is 8.72. The molecule has 1 aromatic heterocycles. The molecule has 3 aliphatic heterocycles. The van der Waals surface area contributed by atoms with Gasteiger partial charge in [0.1, 0.15) is 0 Å². The summed E-state index contributed by atoms with van der Waals surface area (Å²) in [5.41, 5.74) is 6.87. The minimum atomic E-state index is -0.0696. The van der Waals surface area contributed by atoms with Gasteiger partial charge in [0, 0.05) is 43.2 Å². The van der Waals surface area contributed by atoms with E-state index >= 15 is 0 Å². The van der Waals surface area contributed by atoms with Gasteiger partial charge in [-0.25, -0.2) is 0 Å². The van der Waals surface area contributed by atoms with E-state index in [4.69, 9.17) is 5.10 Å². The summed E-state index contributed by atoms with van der Waals surface area (Å²) in [5, 5.41) is 7.71. The zero-order chi connectivity index (χ0) is 32.9. The number of thiophene rings is 1. The predicted octanol–water partition coefficient (Wildman–Crippen LogP) is 10.3. The monoisotopic (exact) mass is 631 g/mol. The first-order valence-electron chi connectivity index (χ1n) is 17.7. The molecule has 248 valence electrons. The maximum Gasteiger partial charge on any atom is 0.170 e. The van der Waals surface area contributed by atoms with Gasteiger partial charge in [0.25, 0.3) is 0 Å². The SMILES string of the molecule is CCCC1CCC(C2=C(c3cc(C#CC(C)(C)C)sc3C(C)=O)CCN(CC3=NN4C(C)=CC(C)C(C)(C)C4C3(C)C)C2)CC1.[HH]. The Hall–Kier alpha value is -2.16. The Morgan fingerprint density at radius 1 is 1.16 bits per heavy atom. The van der Waals surface area contributed by atoms with E-state index in [0.717, 1.165) is 41.7 Å². The summed E-state index contributed by atoms with van der Waals surface area (Å²) in [4.78, 5) is 17.6. The van der Waals surface area contributed by atoms with Crippen molar-refractivity contribution in [2.75, 3.05) is 19.6 Å². The summed E-state index contributed by atoms with van der Waals surface area (Å²) in [7, 11) is 0. The summed E-state index contributed by atoms with van der Waals surface area (Å²) in [5.74, 6) is 8.96. The van der Waals surface area contributed by atoms with Crippen LogP contribution in [0.1, 0.15) is 143 Å². The van der Waals surface area contributed by atoms with Gasteiger partial charge in [-0.05, 0) is 107 Å². The number of Topliss-reactive ketones (excluding diaryl/α,β-unsaturated/α-hetero) is 1. The van der Waals surface area contributed by atoms with Crippen molar-refractivity contribution in [2.24, 2.45) is 39.1 Å². The molecule has 0 saturated heterocycles. The van der Waals surface area contributed by atoms with Gasteiger partial charge < -0.3 is 0 Å². The molecule has 4 nitrogen and oxygen atoms in total. The highest BCUT2D eigenvalue weighted by Crippen LogP contribution is 2.52. The highest BCUT2D eigenvalue weighted by Gasteiger charge is 2.55. The Kier molecular flexibility index (Phi) is 9.72. The lowest BCUT2D eigenvalue weighted by atomic mass is 9.61. The van der Waals surface area contributed by atoms with Gasteiger partial charge >= 0.3 is 0 Å². The molecule has 1 aromatic rings. The van der Waals surface area contributed by atoms with Crippen LogP contribution in [0.2, 0.25) is 0 Å². The van der Waals surface area contributed by atoms with Crippen LogP contribution >= 0.6 is 11.3 Å². The summed E-state index contributed by atoms with van der Waals surface area (Å²) < 4.78 is 0. The second-order valence-electron chi connectivity index (χ2n) is 16.8.